The van der Waals surface area contributed by atoms with Crippen LogP contribution in [0.4, 0.5) is 5.69 Å². The molecule has 0 saturated carbocycles. The van der Waals surface area contributed by atoms with Gasteiger partial charge in [-0.15, -0.1) is 10.2 Å². The van der Waals surface area contributed by atoms with Crippen LogP contribution in [0, 0.1) is 3.57 Å². The number of nitrogens with one attached hydrogen (secondary N) is 2. The van der Waals surface area contributed by atoms with Gasteiger partial charge in [0.25, 0.3) is 5.91 Å². The maximum Gasteiger partial charge on any atom is 0.250 e. The summed E-state index contributed by atoms with van der Waals surface area (Å²) in [5, 5.41) is 16.6. The van der Waals surface area contributed by atoms with E-state index in [0.717, 1.165) is 17.2 Å². The van der Waals surface area contributed by atoms with Crippen LogP contribution in [0.5, 0.6) is 0 Å². The van der Waals surface area contributed by atoms with Gasteiger partial charge in [0.1, 0.15) is 5.76 Å². The average molecular weight is 558 g/mol. The Balaban J connectivity index is 1.44. The first-order chi connectivity index (χ1) is 15.7. The molecule has 0 aliphatic rings. The maximum absolute atomic E-state index is 12.2. The van der Waals surface area contributed by atoms with E-state index in [0.29, 0.717) is 17.5 Å². The van der Waals surface area contributed by atoms with E-state index in [9.17, 15) is 4.79 Å². The minimum Gasteiger partial charge on any atom is -0.463 e. The molecule has 0 spiro atoms. The van der Waals surface area contributed by atoms with Gasteiger partial charge in [0.05, 0.1) is 24.8 Å². The van der Waals surface area contributed by atoms with Crippen molar-refractivity contribution in [3.05, 3.63) is 88.1 Å². The van der Waals surface area contributed by atoms with E-state index in [4.69, 9.17) is 4.42 Å². The zero-order chi connectivity index (χ0) is 22.2. The fraction of sp³-hybridized carbons (Fsp3) is 0.0909. The normalized spacial score (nSPS) is 11.0. The highest BCUT2D eigenvalue weighted by Crippen LogP contribution is 2.22. The summed E-state index contributed by atoms with van der Waals surface area (Å²) >= 11 is 3.57. The van der Waals surface area contributed by atoms with Crippen molar-refractivity contribution in [2.24, 2.45) is 5.10 Å². The first kappa shape index (κ1) is 22.1. The second kappa shape index (κ2) is 11.0. The minimum atomic E-state index is -0.251. The Hall–Kier alpha value is -3.12. The smallest absolute Gasteiger partial charge is 0.250 e. The third-order valence-corrected chi connectivity index (χ3v) is 5.91. The fourth-order valence-corrected chi connectivity index (χ4v) is 3.91. The van der Waals surface area contributed by atoms with Crippen molar-refractivity contribution >= 4 is 52.2 Å². The summed E-state index contributed by atoms with van der Waals surface area (Å²) in [6.07, 6.45) is 2.99. The van der Waals surface area contributed by atoms with Gasteiger partial charge in [-0.05, 0) is 71.1 Å². The van der Waals surface area contributed by atoms with E-state index in [1.54, 1.807) is 18.4 Å². The summed E-state index contributed by atoms with van der Waals surface area (Å²) in [5.41, 5.74) is 4.41. The molecular weight excluding hydrogens is 539 g/mol. The molecule has 2 N–H and O–H groups in total. The van der Waals surface area contributed by atoms with Gasteiger partial charge >= 0.3 is 0 Å². The lowest BCUT2D eigenvalue weighted by atomic mass is 10.3. The van der Waals surface area contributed by atoms with Crippen LogP contribution in [-0.2, 0) is 11.3 Å². The van der Waals surface area contributed by atoms with Crippen LogP contribution in [0.15, 0.2) is 87.7 Å². The average Bonchev–Trinajstić information content (AvgIpc) is 3.48. The number of carbonyl (C=O) groups is 1. The summed E-state index contributed by atoms with van der Waals surface area (Å²) in [7, 11) is 0. The molecule has 0 unspecified atom stereocenters. The predicted molar refractivity (Wildman–Crippen MR) is 133 cm³/mol. The van der Waals surface area contributed by atoms with Gasteiger partial charge in [-0.1, -0.05) is 30.0 Å². The summed E-state index contributed by atoms with van der Waals surface area (Å²) in [6.45, 7) is 0.489. The standard InChI is InChI=1S/C22H19IN6O2S/c23-16-8-10-17(11-9-16)24-14-20-26-28-22(29(20)18-5-2-1-3-6-18)32-15-21(30)27-25-13-19-7-4-12-31-19/h1-13,24H,14-15H2,(H,27,30). The number of hydrogen-bond donors (Lipinski definition) is 2. The van der Waals surface area contributed by atoms with Crippen LogP contribution in [0.1, 0.15) is 11.6 Å². The molecule has 0 aliphatic heterocycles. The molecule has 0 aliphatic carbocycles. The number of amides is 1. The Labute approximate surface area is 202 Å². The van der Waals surface area contributed by atoms with Crippen molar-refractivity contribution in [1.29, 1.82) is 0 Å². The molecule has 162 valence electrons. The van der Waals surface area contributed by atoms with E-state index in [1.807, 2.05) is 59.2 Å². The molecule has 2 heterocycles. The highest BCUT2D eigenvalue weighted by Gasteiger charge is 2.15. The molecule has 0 saturated heterocycles. The molecule has 0 atom stereocenters. The van der Waals surface area contributed by atoms with Crippen molar-refractivity contribution in [3.63, 3.8) is 0 Å². The van der Waals surface area contributed by atoms with Crippen LogP contribution in [-0.4, -0.2) is 32.6 Å². The van der Waals surface area contributed by atoms with Crippen LogP contribution >= 0.6 is 34.4 Å². The number of hydrazone groups is 1. The highest BCUT2D eigenvalue weighted by atomic mass is 127. The summed E-state index contributed by atoms with van der Waals surface area (Å²) in [4.78, 5) is 12.2. The number of furan rings is 1. The molecule has 4 rings (SSSR count). The summed E-state index contributed by atoms with van der Waals surface area (Å²) in [6, 6.07) is 21.5. The second-order valence-electron chi connectivity index (χ2n) is 6.53. The molecule has 4 aromatic rings. The number of rotatable bonds is 9. The largest absolute Gasteiger partial charge is 0.463 e. The number of hydrogen-bond acceptors (Lipinski definition) is 7. The zero-order valence-electron chi connectivity index (χ0n) is 16.8. The van der Waals surface area contributed by atoms with Crippen molar-refractivity contribution in [3.8, 4) is 5.69 Å². The molecule has 32 heavy (non-hydrogen) atoms. The quantitative estimate of drug-likeness (QED) is 0.138. The first-order valence-corrected chi connectivity index (χ1v) is 11.7. The summed E-state index contributed by atoms with van der Waals surface area (Å²) < 4.78 is 8.26. The molecule has 2 aromatic heterocycles. The third kappa shape index (κ3) is 5.98. The van der Waals surface area contributed by atoms with Crippen molar-refractivity contribution in [2.75, 3.05) is 11.1 Å². The SMILES string of the molecule is O=C(CSc1nnc(CNc2ccc(I)cc2)n1-c1ccccc1)NN=Cc1ccco1. The Morgan fingerprint density at radius 2 is 1.91 bits per heavy atom. The molecule has 2 aromatic carbocycles. The topological polar surface area (TPSA) is 97.3 Å². The first-order valence-electron chi connectivity index (χ1n) is 9.66. The lowest BCUT2D eigenvalue weighted by Crippen LogP contribution is -2.20. The number of nitrogens with zero attached hydrogens (tertiary/aromatic N) is 4. The Kier molecular flexibility index (Phi) is 7.56. The number of thioether (sulfide) groups is 1. The van der Waals surface area contributed by atoms with Crippen LogP contribution < -0.4 is 10.7 Å². The predicted octanol–water partition coefficient (Wildman–Crippen LogP) is 4.32. The molecule has 0 bridgehead atoms. The van der Waals surface area contributed by atoms with Crippen molar-refractivity contribution < 1.29 is 9.21 Å². The van der Waals surface area contributed by atoms with E-state index in [1.165, 1.54) is 21.5 Å². The molecule has 0 fully saturated rings. The lowest BCUT2D eigenvalue weighted by molar-refractivity contribution is -0.118. The third-order valence-electron chi connectivity index (χ3n) is 4.27. The van der Waals surface area contributed by atoms with Gasteiger partial charge in [0.15, 0.2) is 11.0 Å². The Bertz CT molecular complexity index is 1180. The van der Waals surface area contributed by atoms with Gasteiger partial charge in [-0.2, -0.15) is 5.10 Å². The minimum absolute atomic E-state index is 0.144. The number of anilines is 1. The zero-order valence-corrected chi connectivity index (χ0v) is 19.8. The monoisotopic (exact) mass is 558 g/mol. The molecule has 0 radical (unpaired) electrons. The van der Waals surface area contributed by atoms with E-state index < -0.39 is 0 Å². The molecule has 1 amide bonds. The van der Waals surface area contributed by atoms with Crippen molar-refractivity contribution in [1.82, 2.24) is 20.2 Å². The molecule has 10 heteroatoms. The maximum atomic E-state index is 12.2. The molecule has 8 nitrogen and oxygen atoms in total. The van der Waals surface area contributed by atoms with Crippen LogP contribution in [0.2, 0.25) is 0 Å². The van der Waals surface area contributed by atoms with Crippen LogP contribution in [0.3, 0.4) is 0 Å². The van der Waals surface area contributed by atoms with Gasteiger partial charge in [-0.25, -0.2) is 5.43 Å². The van der Waals surface area contributed by atoms with E-state index in [2.05, 4.69) is 48.6 Å². The van der Waals surface area contributed by atoms with Gasteiger partial charge in [0, 0.05) is 14.9 Å². The lowest BCUT2D eigenvalue weighted by Gasteiger charge is -2.11. The number of para-hydroxylation sites is 1. The van der Waals surface area contributed by atoms with Gasteiger partial charge < -0.3 is 9.73 Å². The number of aromatic nitrogens is 3. The summed E-state index contributed by atoms with van der Waals surface area (Å²) in [5.74, 6) is 1.20. The highest BCUT2D eigenvalue weighted by molar-refractivity contribution is 14.1. The number of halogens is 1. The van der Waals surface area contributed by atoms with E-state index in [-0.39, 0.29) is 11.7 Å². The molecular formula is C22H19IN6O2S. The van der Waals surface area contributed by atoms with E-state index >= 15 is 0 Å². The fourth-order valence-electron chi connectivity index (χ4n) is 2.79. The van der Waals surface area contributed by atoms with Crippen LogP contribution in [0.25, 0.3) is 5.69 Å². The number of benzene rings is 2. The van der Waals surface area contributed by atoms with Crippen molar-refractivity contribution in [2.45, 2.75) is 11.7 Å². The Morgan fingerprint density at radius 1 is 1.09 bits per heavy atom. The Morgan fingerprint density at radius 3 is 2.66 bits per heavy atom. The van der Waals surface area contributed by atoms with Gasteiger partial charge in [-0.3, -0.25) is 9.36 Å². The second-order valence-corrected chi connectivity index (χ2v) is 8.72. The number of carbonyl (C=O) groups excluding carboxylic acids is 1. The van der Waals surface area contributed by atoms with Gasteiger partial charge in [0.2, 0.25) is 0 Å².